The molecule has 0 atom stereocenters. The molecule has 1 N–H and O–H groups in total. The first-order valence-electron chi connectivity index (χ1n) is 7.12. The monoisotopic (exact) mass is 273 g/mol. The Morgan fingerprint density at radius 2 is 2.15 bits per heavy atom. The van der Waals surface area contributed by atoms with E-state index in [9.17, 15) is 9.90 Å². The predicted octanol–water partition coefficient (Wildman–Crippen LogP) is 2.23. The van der Waals surface area contributed by atoms with Crippen LogP contribution in [0.2, 0.25) is 0 Å². The number of likely N-dealkylation sites (tertiary alicyclic amines) is 1. The van der Waals surface area contributed by atoms with Crippen LogP contribution in [0.1, 0.15) is 41.9 Å². The third kappa shape index (κ3) is 2.29. The fraction of sp³-hybridized carbons (Fsp3) is 0.467. The maximum absolute atomic E-state index is 11.2. The fourth-order valence-corrected chi connectivity index (χ4v) is 2.95. The van der Waals surface area contributed by atoms with Crippen molar-refractivity contribution in [2.75, 3.05) is 19.6 Å². The van der Waals surface area contributed by atoms with Crippen LogP contribution in [0.25, 0.3) is 5.65 Å². The number of carboxylic acids is 1. The van der Waals surface area contributed by atoms with Gasteiger partial charge in [-0.05, 0) is 44.6 Å². The Balaban J connectivity index is 1.90. The highest BCUT2D eigenvalue weighted by atomic mass is 16.4. The number of aromatic carboxylic acids is 1. The van der Waals surface area contributed by atoms with Gasteiger partial charge in [-0.2, -0.15) is 0 Å². The zero-order valence-electron chi connectivity index (χ0n) is 11.6. The standard InChI is InChI=1S/C15H19N3O2/c1-2-17-8-6-11(7-9-17)12-10-18-13(15(19)20)4-3-5-14(18)16-12/h3-5,10-11H,2,6-9H2,1H3,(H,19,20). The lowest BCUT2D eigenvalue weighted by molar-refractivity contribution is 0.0689. The molecule has 0 aliphatic carbocycles. The van der Waals surface area contributed by atoms with E-state index in [1.165, 1.54) is 0 Å². The Hall–Kier alpha value is -1.88. The van der Waals surface area contributed by atoms with Crippen LogP contribution in [0.15, 0.2) is 24.4 Å². The van der Waals surface area contributed by atoms with E-state index in [1.54, 1.807) is 16.5 Å². The number of carbonyl (C=O) groups is 1. The molecule has 0 saturated carbocycles. The van der Waals surface area contributed by atoms with Gasteiger partial charge in [0.25, 0.3) is 0 Å². The Labute approximate surface area is 117 Å². The average molecular weight is 273 g/mol. The third-order valence-electron chi connectivity index (χ3n) is 4.18. The lowest BCUT2D eigenvalue weighted by Crippen LogP contribution is -2.32. The van der Waals surface area contributed by atoms with Gasteiger partial charge in [-0.3, -0.25) is 4.40 Å². The van der Waals surface area contributed by atoms with Gasteiger partial charge in [-0.15, -0.1) is 0 Å². The maximum atomic E-state index is 11.2. The molecule has 20 heavy (non-hydrogen) atoms. The number of carboxylic acid groups (broad SMARTS) is 1. The molecule has 1 fully saturated rings. The van der Waals surface area contributed by atoms with Gasteiger partial charge >= 0.3 is 5.97 Å². The van der Waals surface area contributed by atoms with Crippen LogP contribution in [0.3, 0.4) is 0 Å². The number of pyridine rings is 1. The number of nitrogens with zero attached hydrogens (tertiary/aromatic N) is 3. The first-order valence-corrected chi connectivity index (χ1v) is 7.12. The van der Waals surface area contributed by atoms with Gasteiger partial charge < -0.3 is 10.0 Å². The van der Waals surface area contributed by atoms with Crippen LogP contribution >= 0.6 is 0 Å². The van der Waals surface area contributed by atoms with Crippen molar-refractivity contribution in [2.24, 2.45) is 0 Å². The van der Waals surface area contributed by atoms with E-state index in [0.717, 1.165) is 43.8 Å². The highest BCUT2D eigenvalue weighted by Crippen LogP contribution is 2.27. The normalized spacial score (nSPS) is 17.6. The minimum absolute atomic E-state index is 0.271. The molecule has 2 aromatic heterocycles. The Bertz CT molecular complexity index is 627. The summed E-state index contributed by atoms with van der Waals surface area (Å²) in [5.74, 6) is -0.473. The number of aromatic nitrogens is 2. The summed E-state index contributed by atoms with van der Waals surface area (Å²) in [6, 6.07) is 5.22. The Kier molecular flexibility index (Phi) is 3.44. The van der Waals surface area contributed by atoms with E-state index >= 15 is 0 Å². The maximum Gasteiger partial charge on any atom is 0.352 e. The summed E-state index contributed by atoms with van der Waals surface area (Å²) in [6.45, 7) is 5.48. The van der Waals surface area contributed by atoms with Crippen molar-refractivity contribution in [1.29, 1.82) is 0 Å². The average Bonchev–Trinajstić information content (AvgIpc) is 2.90. The molecular formula is C15H19N3O2. The molecule has 0 bridgehead atoms. The lowest BCUT2D eigenvalue weighted by atomic mass is 9.94. The SMILES string of the molecule is CCN1CCC(c2cn3c(C(=O)O)cccc3n2)CC1. The van der Waals surface area contributed by atoms with Gasteiger partial charge in [-0.1, -0.05) is 13.0 Å². The van der Waals surface area contributed by atoms with E-state index in [1.807, 2.05) is 12.3 Å². The highest BCUT2D eigenvalue weighted by Gasteiger charge is 2.22. The molecule has 5 nitrogen and oxygen atoms in total. The molecule has 106 valence electrons. The predicted molar refractivity (Wildman–Crippen MR) is 76.2 cm³/mol. The van der Waals surface area contributed by atoms with Crippen LogP contribution < -0.4 is 0 Å². The molecule has 1 aliphatic heterocycles. The molecule has 0 amide bonds. The fourth-order valence-electron chi connectivity index (χ4n) is 2.95. The van der Waals surface area contributed by atoms with Crippen molar-refractivity contribution in [2.45, 2.75) is 25.7 Å². The van der Waals surface area contributed by atoms with E-state index in [4.69, 9.17) is 0 Å². The van der Waals surface area contributed by atoms with Gasteiger partial charge in [0.15, 0.2) is 0 Å². The van der Waals surface area contributed by atoms with E-state index in [0.29, 0.717) is 5.92 Å². The van der Waals surface area contributed by atoms with Gasteiger partial charge in [0.05, 0.1) is 5.69 Å². The molecule has 5 heteroatoms. The number of hydrogen-bond donors (Lipinski definition) is 1. The molecule has 0 aromatic carbocycles. The summed E-state index contributed by atoms with van der Waals surface area (Å²) in [5, 5.41) is 9.21. The minimum Gasteiger partial charge on any atom is -0.477 e. The molecule has 0 radical (unpaired) electrons. The topological polar surface area (TPSA) is 57.8 Å². The summed E-state index contributed by atoms with van der Waals surface area (Å²) >= 11 is 0. The second-order valence-electron chi connectivity index (χ2n) is 5.32. The van der Waals surface area contributed by atoms with Crippen molar-refractivity contribution in [3.05, 3.63) is 35.8 Å². The number of rotatable bonds is 3. The van der Waals surface area contributed by atoms with Crippen LogP contribution in [-0.4, -0.2) is 45.0 Å². The molecule has 0 unspecified atom stereocenters. The van der Waals surface area contributed by atoms with Crippen LogP contribution in [0.5, 0.6) is 0 Å². The second-order valence-corrected chi connectivity index (χ2v) is 5.32. The smallest absolute Gasteiger partial charge is 0.352 e. The van der Waals surface area contributed by atoms with Gasteiger partial charge in [-0.25, -0.2) is 9.78 Å². The number of piperidine rings is 1. The summed E-state index contributed by atoms with van der Waals surface area (Å²) in [6.07, 6.45) is 4.09. The van der Waals surface area contributed by atoms with Crippen molar-refractivity contribution < 1.29 is 9.90 Å². The Morgan fingerprint density at radius 3 is 2.80 bits per heavy atom. The van der Waals surface area contributed by atoms with Gasteiger partial charge in [0.1, 0.15) is 11.3 Å². The van der Waals surface area contributed by atoms with Crippen LogP contribution in [-0.2, 0) is 0 Å². The van der Waals surface area contributed by atoms with Crippen LogP contribution in [0, 0.1) is 0 Å². The van der Waals surface area contributed by atoms with Gasteiger partial charge in [0.2, 0.25) is 0 Å². The van der Waals surface area contributed by atoms with Crippen LogP contribution in [0.4, 0.5) is 0 Å². The highest BCUT2D eigenvalue weighted by molar-refractivity contribution is 5.86. The van der Waals surface area contributed by atoms with Gasteiger partial charge in [0, 0.05) is 12.1 Å². The largest absolute Gasteiger partial charge is 0.477 e. The van der Waals surface area contributed by atoms with Crippen molar-refractivity contribution >= 4 is 11.6 Å². The third-order valence-corrected chi connectivity index (χ3v) is 4.18. The molecule has 3 rings (SSSR count). The molecule has 3 heterocycles. The molecule has 0 spiro atoms. The van der Waals surface area contributed by atoms with E-state index in [2.05, 4.69) is 16.8 Å². The number of fused-ring (bicyclic) bond motifs is 1. The molecule has 1 aliphatic rings. The Morgan fingerprint density at radius 1 is 1.40 bits per heavy atom. The first kappa shape index (κ1) is 13.1. The zero-order chi connectivity index (χ0) is 14.1. The molecule has 1 saturated heterocycles. The minimum atomic E-state index is -0.916. The van der Waals surface area contributed by atoms with E-state index < -0.39 is 5.97 Å². The second kappa shape index (κ2) is 5.25. The van der Waals surface area contributed by atoms with E-state index in [-0.39, 0.29) is 5.69 Å². The summed E-state index contributed by atoms with van der Waals surface area (Å²) in [5.41, 5.74) is 2.01. The quantitative estimate of drug-likeness (QED) is 0.931. The number of imidazole rings is 1. The molecule has 2 aromatic rings. The van der Waals surface area contributed by atoms with Crippen molar-refractivity contribution in [1.82, 2.24) is 14.3 Å². The molecular weight excluding hydrogens is 254 g/mol. The van der Waals surface area contributed by atoms with Crippen molar-refractivity contribution in [3.63, 3.8) is 0 Å². The number of hydrogen-bond acceptors (Lipinski definition) is 3. The summed E-state index contributed by atoms with van der Waals surface area (Å²) < 4.78 is 1.68. The summed E-state index contributed by atoms with van der Waals surface area (Å²) in [7, 11) is 0. The van der Waals surface area contributed by atoms with Crippen molar-refractivity contribution in [3.8, 4) is 0 Å². The summed E-state index contributed by atoms with van der Waals surface area (Å²) in [4.78, 5) is 18.3. The first-order chi connectivity index (χ1) is 9.69. The lowest BCUT2D eigenvalue weighted by Gasteiger charge is -2.30. The zero-order valence-corrected chi connectivity index (χ0v) is 11.6.